The molecule has 0 radical (unpaired) electrons. The number of aliphatic carboxylic acids is 1. The van der Waals surface area contributed by atoms with Crippen LogP contribution in [0, 0.1) is 5.92 Å². The van der Waals surface area contributed by atoms with Crippen LogP contribution >= 0.6 is 22.9 Å². The highest BCUT2D eigenvalue weighted by Gasteiger charge is 2.16. The van der Waals surface area contributed by atoms with E-state index in [9.17, 15) is 4.79 Å². The number of carbonyl (C=O) groups is 1. The molecule has 0 spiro atoms. The summed E-state index contributed by atoms with van der Waals surface area (Å²) < 4.78 is 2.70. The molecule has 0 saturated carbocycles. The molecule has 2 N–H and O–H groups in total. The molecule has 0 bridgehead atoms. The normalized spacial score (nSPS) is 13.6. The highest BCUT2D eigenvalue weighted by Crippen LogP contribution is 2.05. The van der Waals surface area contributed by atoms with E-state index in [1.165, 1.54) is 0 Å². The van der Waals surface area contributed by atoms with Crippen LogP contribution in [0.4, 0.5) is 0 Å². The topological polar surface area (TPSA) is 49.3 Å². The largest absolute Gasteiger partial charge is 0.480 e. The lowest BCUT2D eigenvalue weighted by atomic mass is 10.1. The molecule has 3 nitrogen and oxygen atoms in total. The van der Waals surface area contributed by atoms with Crippen LogP contribution in [0.15, 0.2) is 0 Å². The Labute approximate surface area is 74.7 Å². The summed E-state index contributed by atoms with van der Waals surface area (Å²) in [4.78, 5) is 10.4. The van der Waals surface area contributed by atoms with Gasteiger partial charge in [0.15, 0.2) is 0 Å². The van der Waals surface area contributed by atoms with Crippen molar-refractivity contribution in [3.8, 4) is 0 Å². The van der Waals surface area contributed by atoms with Crippen molar-refractivity contribution in [2.45, 2.75) is 26.3 Å². The van der Waals surface area contributed by atoms with Gasteiger partial charge in [0, 0.05) is 22.9 Å². The highest BCUT2D eigenvalue weighted by molar-refractivity contribution is 14.1. The maximum absolute atomic E-state index is 10.4. The molecule has 0 rings (SSSR count). The first-order chi connectivity index (χ1) is 4.57. The molecular weight excluding hydrogens is 245 g/mol. The number of hydrogen-bond acceptors (Lipinski definition) is 2. The van der Waals surface area contributed by atoms with Crippen LogP contribution in [0.1, 0.15) is 20.3 Å². The van der Waals surface area contributed by atoms with Crippen molar-refractivity contribution >= 4 is 28.8 Å². The molecule has 0 aromatic heterocycles. The minimum atomic E-state index is -0.775. The van der Waals surface area contributed by atoms with Crippen molar-refractivity contribution in [2.75, 3.05) is 0 Å². The third kappa shape index (κ3) is 4.05. The fraction of sp³-hybridized carbons (Fsp3) is 0.833. The quantitative estimate of drug-likeness (QED) is 0.591. The van der Waals surface area contributed by atoms with Gasteiger partial charge < -0.3 is 5.11 Å². The number of hydrogen-bond donors (Lipinski definition) is 2. The van der Waals surface area contributed by atoms with Crippen LogP contribution in [-0.2, 0) is 4.79 Å². The van der Waals surface area contributed by atoms with E-state index in [2.05, 4.69) is 3.53 Å². The Morgan fingerprint density at radius 1 is 1.70 bits per heavy atom. The molecule has 0 amide bonds. The molecule has 0 saturated heterocycles. The Hall–Kier alpha value is 0.160. The maximum atomic E-state index is 10.4. The average Bonchev–Trinajstić information content (AvgIpc) is 1.81. The van der Waals surface area contributed by atoms with Gasteiger partial charge in [-0.3, -0.25) is 4.79 Å². The summed E-state index contributed by atoms with van der Waals surface area (Å²) in [5.41, 5.74) is 0. The molecule has 0 aliphatic rings. The summed E-state index contributed by atoms with van der Waals surface area (Å²) in [5, 5.41) is 8.55. The van der Waals surface area contributed by atoms with Crippen molar-refractivity contribution in [3.05, 3.63) is 0 Å². The van der Waals surface area contributed by atoms with Gasteiger partial charge in [-0.15, -0.1) is 0 Å². The lowest BCUT2D eigenvalue weighted by Gasteiger charge is -2.11. The minimum Gasteiger partial charge on any atom is -0.480 e. The Bertz CT molecular complexity index is 116. The summed E-state index contributed by atoms with van der Waals surface area (Å²) in [6, 6.07) is -0.402. The van der Waals surface area contributed by atoms with E-state index in [4.69, 9.17) is 5.11 Å². The number of carboxylic acids is 1. The maximum Gasteiger partial charge on any atom is 0.321 e. The molecule has 0 heterocycles. The van der Waals surface area contributed by atoms with E-state index in [-0.39, 0.29) is 0 Å². The second kappa shape index (κ2) is 4.90. The van der Waals surface area contributed by atoms with Crippen LogP contribution in [0.3, 0.4) is 0 Å². The fourth-order valence-corrected chi connectivity index (χ4v) is 1.18. The smallest absolute Gasteiger partial charge is 0.321 e. The van der Waals surface area contributed by atoms with Crippen LogP contribution in [0.5, 0.6) is 0 Å². The summed E-state index contributed by atoms with van der Waals surface area (Å²) in [7, 11) is 0. The second-order valence-electron chi connectivity index (χ2n) is 2.63. The average molecular weight is 257 g/mol. The zero-order chi connectivity index (χ0) is 8.15. The standard InChI is InChI=1S/C6H12INO2/c1-4(2)3-5(8-7)6(9)10/h4-5,8H,3H2,1-2H3,(H,9,10). The molecule has 0 aliphatic heterocycles. The minimum absolute atomic E-state index is 0.402. The first kappa shape index (κ1) is 10.2. The first-order valence-electron chi connectivity index (χ1n) is 3.17. The molecule has 10 heavy (non-hydrogen) atoms. The Kier molecular flexibility index (Phi) is 4.98. The second-order valence-corrected chi connectivity index (χ2v) is 3.25. The van der Waals surface area contributed by atoms with Gasteiger partial charge in [0.05, 0.1) is 0 Å². The van der Waals surface area contributed by atoms with Crippen LogP contribution in [0.25, 0.3) is 0 Å². The molecule has 0 aliphatic carbocycles. The zero-order valence-electron chi connectivity index (χ0n) is 6.10. The van der Waals surface area contributed by atoms with E-state index < -0.39 is 12.0 Å². The molecule has 0 aromatic carbocycles. The summed E-state index contributed by atoms with van der Waals surface area (Å²) in [6.45, 7) is 4.01. The van der Waals surface area contributed by atoms with Gasteiger partial charge in [0.1, 0.15) is 6.04 Å². The SMILES string of the molecule is CC(C)CC(NI)C(=O)O. The van der Waals surface area contributed by atoms with Crippen LogP contribution < -0.4 is 3.53 Å². The predicted molar refractivity (Wildman–Crippen MR) is 48.0 cm³/mol. The van der Waals surface area contributed by atoms with E-state index in [1.54, 1.807) is 0 Å². The van der Waals surface area contributed by atoms with Gasteiger partial charge in [-0.25, -0.2) is 3.53 Å². The third-order valence-electron chi connectivity index (χ3n) is 1.14. The van der Waals surface area contributed by atoms with Gasteiger partial charge in [-0.05, 0) is 12.3 Å². The van der Waals surface area contributed by atoms with Gasteiger partial charge in [0.25, 0.3) is 0 Å². The van der Waals surface area contributed by atoms with Crippen LogP contribution in [0.2, 0.25) is 0 Å². The van der Waals surface area contributed by atoms with Crippen molar-refractivity contribution in [1.29, 1.82) is 0 Å². The monoisotopic (exact) mass is 257 g/mol. The van der Waals surface area contributed by atoms with E-state index in [0.29, 0.717) is 12.3 Å². The third-order valence-corrected chi connectivity index (χ3v) is 1.89. The lowest BCUT2D eigenvalue weighted by molar-refractivity contribution is -0.139. The molecule has 4 heteroatoms. The van der Waals surface area contributed by atoms with Crippen molar-refractivity contribution < 1.29 is 9.90 Å². The molecular formula is C6H12INO2. The van der Waals surface area contributed by atoms with Gasteiger partial charge in [0.2, 0.25) is 0 Å². The number of rotatable bonds is 4. The van der Waals surface area contributed by atoms with E-state index in [0.717, 1.165) is 0 Å². The number of carboxylic acid groups (broad SMARTS) is 1. The van der Waals surface area contributed by atoms with E-state index in [1.807, 2.05) is 36.7 Å². The predicted octanol–water partition coefficient (Wildman–Crippen LogP) is 1.43. The number of nitrogens with one attached hydrogen (secondary N) is 1. The fourth-order valence-electron chi connectivity index (χ4n) is 0.663. The summed E-state index contributed by atoms with van der Waals surface area (Å²) in [6.07, 6.45) is 0.679. The molecule has 0 fully saturated rings. The summed E-state index contributed by atoms with van der Waals surface area (Å²) in [5.74, 6) is -0.355. The van der Waals surface area contributed by atoms with E-state index >= 15 is 0 Å². The van der Waals surface area contributed by atoms with Crippen molar-refractivity contribution in [1.82, 2.24) is 3.53 Å². The van der Waals surface area contributed by atoms with Gasteiger partial charge in [-0.1, -0.05) is 13.8 Å². The molecule has 1 unspecified atom stereocenters. The van der Waals surface area contributed by atoms with Gasteiger partial charge in [-0.2, -0.15) is 0 Å². The molecule has 60 valence electrons. The Balaban J connectivity index is 3.72. The first-order valence-corrected chi connectivity index (χ1v) is 4.24. The number of halogens is 1. The Morgan fingerprint density at radius 3 is 2.30 bits per heavy atom. The highest BCUT2D eigenvalue weighted by atomic mass is 127. The summed E-state index contributed by atoms with van der Waals surface area (Å²) >= 11 is 1.87. The van der Waals surface area contributed by atoms with Gasteiger partial charge >= 0.3 is 5.97 Å². The lowest BCUT2D eigenvalue weighted by Crippen LogP contribution is -2.31. The van der Waals surface area contributed by atoms with Crippen LogP contribution in [-0.4, -0.2) is 17.1 Å². The zero-order valence-corrected chi connectivity index (χ0v) is 8.25. The molecule has 1 atom stereocenters. The van der Waals surface area contributed by atoms with Crippen molar-refractivity contribution in [3.63, 3.8) is 0 Å². The molecule has 0 aromatic rings. The Morgan fingerprint density at radius 2 is 2.20 bits per heavy atom. The van der Waals surface area contributed by atoms with Crippen molar-refractivity contribution in [2.24, 2.45) is 5.92 Å².